The summed E-state index contributed by atoms with van der Waals surface area (Å²) in [6, 6.07) is 5.58. The van der Waals surface area contributed by atoms with Gasteiger partial charge in [-0.3, -0.25) is 9.59 Å². The zero-order valence-corrected chi connectivity index (χ0v) is 19.7. The molecular formula is C22H29BF3NO4S. The fourth-order valence-electron chi connectivity index (χ4n) is 4.27. The second kappa shape index (κ2) is 8.06. The lowest BCUT2D eigenvalue weighted by molar-refractivity contribution is -0.173. The van der Waals surface area contributed by atoms with Crippen LogP contribution in [0.5, 0.6) is 0 Å². The molecule has 1 aliphatic heterocycles. The molecule has 4 rings (SSSR count). The molecule has 1 saturated carbocycles. The Hall–Kier alpha value is -1.52. The van der Waals surface area contributed by atoms with Crippen LogP contribution in [0.3, 0.4) is 0 Å². The van der Waals surface area contributed by atoms with Gasteiger partial charge in [0.25, 0.3) is 0 Å². The van der Waals surface area contributed by atoms with Crippen LogP contribution in [0.25, 0.3) is 0 Å². The van der Waals surface area contributed by atoms with Gasteiger partial charge in [0.2, 0.25) is 11.7 Å². The Kier molecular flexibility index (Phi) is 6.32. The minimum absolute atomic E-state index is 0. The highest BCUT2D eigenvalue weighted by atomic mass is 32.1. The standard InChI is InChI=1S/C22H27BF3NO4.H2S/c1-19(2)20(3,4)31-23(30-19)14-6-7-15-13(11-14)5-8-16(15)27-18(29)21(9-10-21)12-17(28)22(24,25)26;/h6-7,11,16H,5,8-10,12H2,1-4H3,(H,27,29);1H2/t16-;/m0./s1. The molecule has 3 aliphatic rings. The van der Waals surface area contributed by atoms with Crippen molar-refractivity contribution in [3.8, 4) is 0 Å². The second-order valence-corrected chi connectivity index (χ2v) is 9.99. The number of halogens is 3. The Morgan fingerprint density at radius 2 is 1.72 bits per heavy atom. The van der Waals surface area contributed by atoms with E-state index in [4.69, 9.17) is 9.31 Å². The van der Waals surface area contributed by atoms with Crippen LogP contribution in [0.1, 0.15) is 70.5 Å². The van der Waals surface area contributed by atoms with E-state index in [1.807, 2.05) is 45.9 Å². The van der Waals surface area contributed by atoms with Crippen molar-refractivity contribution in [2.75, 3.05) is 0 Å². The van der Waals surface area contributed by atoms with Crippen molar-refractivity contribution in [3.63, 3.8) is 0 Å². The number of benzene rings is 1. The lowest BCUT2D eigenvalue weighted by Crippen LogP contribution is -2.41. The van der Waals surface area contributed by atoms with Gasteiger partial charge in [-0.2, -0.15) is 26.7 Å². The number of ketones is 1. The predicted molar refractivity (Wildman–Crippen MR) is 119 cm³/mol. The summed E-state index contributed by atoms with van der Waals surface area (Å²) in [4.78, 5) is 24.1. The van der Waals surface area contributed by atoms with Crippen molar-refractivity contribution in [1.29, 1.82) is 0 Å². The van der Waals surface area contributed by atoms with E-state index in [0.29, 0.717) is 19.3 Å². The molecule has 0 unspecified atom stereocenters. The smallest absolute Gasteiger partial charge is 0.399 e. The van der Waals surface area contributed by atoms with Gasteiger partial charge in [-0.05, 0) is 70.0 Å². The molecule has 32 heavy (non-hydrogen) atoms. The molecular weight excluding hydrogens is 442 g/mol. The van der Waals surface area contributed by atoms with E-state index in [0.717, 1.165) is 23.0 Å². The Labute approximate surface area is 193 Å². The van der Waals surface area contributed by atoms with Crippen LogP contribution in [0.4, 0.5) is 13.2 Å². The molecule has 1 heterocycles. The molecule has 0 radical (unpaired) electrons. The Bertz CT molecular complexity index is 914. The van der Waals surface area contributed by atoms with Crippen LogP contribution in [0, 0.1) is 5.41 Å². The number of amides is 1. The van der Waals surface area contributed by atoms with Crippen LogP contribution in [0.2, 0.25) is 0 Å². The third kappa shape index (κ3) is 4.46. The van der Waals surface area contributed by atoms with Crippen LogP contribution in [-0.2, 0) is 25.3 Å². The molecule has 0 aromatic heterocycles. The van der Waals surface area contributed by atoms with Gasteiger partial charge in [0.1, 0.15) is 0 Å². The van der Waals surface area contributed by atoms with Crippen molar-refractivity contribution >= 4 is 37.8 Å². The lowest BCUT2D eigenvalue weighted by atomic mass is 9.78. The summed E-state index contributed by atoms with van der Waals surface area (Å²) in [5.41, 5.74) is 0.816. The SMILES string of the molecule is CC1(C)OB(c2ccc3c(c2)CC[C@@H]3NC(=O)C2(CC(=O)C(F)(F)F)CC2)OC1(C)C.S. The van der Waals surface area contributed by atoms with Crippen LogP contribution in [0.15, 0.2) is 18.2 Å². The molecule has 176 valence electrons. The summed E-state index contributed by atoms with van der Waals surface area (Å²) in [5.74, 6) is -2.29. The van der Waals surface area contributed by atoms with Gasteiger partial charge in [0, 0.05) is 6.42 Å². The average molecular weight is 471 g/mol. The monoisotopic (exact) mass is 471 g/mol. The Morgan fingerprint density at radius 1 is 1.12 bits per heavy atom. The van der Waals surface area contributed by atoms with Gasteiger partial charge in [-0.1, -0.05) is 18.2 Å². The van der Waals surface area contributed by atoms with Crippen LogP contribution in [-0.4, -0.2) is 36.2 Å². The number of carbonyl (C=O) groups is 2. The lowest BCUT2D eigenvalue weighted by Gasteiger charge is -2.32. The fraction of sp³-hybridized carbons (Fsp3) is 0.636. The normalized spacial score (nSPS) is 24.5. The van der Waals surface area contributed by atoms with Gasteiger partial charge in [0.05, 0.1) is 22.7 Å². The van der Waals surface area contributed by atoms with Gasteiger partial charge in [-0.25, -0.2) is 0 Å². The van der Waals surface area contributed by atoms with E-state index in [1.165, 1.54) is 0 Å². The maximum Gasteiger partial charge on any atom is 0.494 e. The third-order valence-corrected chi connectivity index (χ3v) is 7.23. The fourth-order valence-corrected chi connectivity index (χ4v) is 4.27. The minimum Gasteiger partial charge on any atom is -0.399 e. The first-order valence-corrected chi connectivity index (χ1v) is 10.6. The summed E-state index contributed by atoms with van der Waals surface area (Å²) in [7, 11) is -0.480. The van der Waals surface area contributed by atoms with Crippen molar-refractivity contribution in [3.05, 3.63) is 29.3 Å². The number of rotatable bonds is 5. The molecule has 2 fully saturated rings. The van der Waals surface area contributed by atoms with Gasteiger partial charge in [0.15, 0.2) is 0 Å². The first kappa shape index (κ1) is 25.1. The highest BCUT2D eigenvalue weighted by Crippen LogP contribution is 2.51. The van der Waals surface area contributed by atoms with Crippen LogP contribution >= 0.6 is 13.5 Å². The van der Waals surface area contributed by atoms with Crippen molar-refractivity contribution in [2.24, 2.45) is 5.41 Å². The Balaban J connectivity index is 0.00000289. The van der Waals surface area contributed by atoms with E-state index in [-0.39, 0.29) is 19.5 Å². The summed E-state index contributed by atoms with van der Waals surface area (Å²) < 4.78 is 50.1. The number of fused-ring (bicyclic) bond motifs is 1. The first-order valence-electron chi connectivity index (χ1n) is 10.6. The zero-order valence-electron chi connectivity index (χ0n) is 18.7. The summed E-state index contributed by atoms with van der Waals surface area (Å²) in [5, 5.41) is 2.89. The predicted octanol–water partition coefficient (Wildman–Crippen LogP) is 3.50. The highest BCUT2D eigenvalue weighted by Gasteiger charge is 2.55. The third-order valence-electron chi connectivity index (χ3n) is 7.23. The van der Waals surface area contributed by atoms with E-state index in [2.05, 4.69) is 5.32 Å². The van der Waals surface area contributed by atoms with Gasteiger partial charge < -0.3 is 14.6 Å². The molecule has 1 aromatic rings. The van der Waals surface area contributed by atoms with E-state index in [9.17, 15) is 22.8 Å². The zero-order chi connectivity index (χ0) is 22.8. The van der Waals surface area contributed by atoms with E-state index in [1.54, 1.807) is 0 Å². The number of aryl methyl sites for hydroxylation is 1. The number of hydrogen-bond donors (Lipinski definition) is 1. The molecule has 1 aromatic carbocycles. The maximum atomic E-state index is 12.7. The largest absolute Gasteiger partial charge is 0.494 e. The highest BCUT2D eigenvalue weighted by molar-refractivity contribution is 7.59. The summed E-state index contributed by atoms with van der Waals surface area (Å²) >= 11 is 0. The van der Waals surface area contributed by atoms with E-state index < -0.39 is 48.0 Å². The molecule has 1 amide bonds. The molecule has 0 spiro atoms. The first-order chi connectivity index (χ1) is 14.2. The number of carbonyl (C=O) groups excluding carboxylic acids is 2. The molecule has 1 N–H and O–H groups in total. The van der Waals surface area contributed by atoms with E-state index >= 15 is 0 Å². The number of alkyl halides is 3. The molecule has 10 heteroatoms. The minimum atomic E-state index is -4.90. The van der Waals surface area contributed by atoms with Gasteiger partial charge >= 0.3 is 13.3 Å². The van der Waals surface area contributed by atoms with Crippen molar-refractivity contribution in [1.82, 2.24) is 5.32 Å². The second-order valence-electron chi connectivity index (χ2n) is 9.99. The number of hydrogen-bond acceptors (Lipinski definition) is 4. The molecule has 0 bridgehead atoms. The Morgan fingerprint density at radius 3 is 2.25 bits per heavy atom. The topological polar surface area (TPSA) is 64.6 Å². The molecule has 1 saturated heterocycles. The van der Waals surface area contributed by atoms with Crippen molar-refractivity contribution in [2.45, 2.75) is 83.2 Å². The summed E-state index contributed by atoms with van der Waals surface area (Å²) in [6.45, 7) is 7.96. The van der Waals surface area contributed by atoms with Gasteiger partial charge in [-0.15, -0.1) is 0 Å². The van der Waals surface area contributed by atoms with Crippen LogP contribution < -0.4 is 10.8 Å². The molecule has 5 nitrogen and oxygen atoms in total. The summed E-state index contributed by atoms with van der Waals surface area (Å²) in [6.07, 6.45) is -3.66. The van der Waals surface area contributed by atoms with Crippen molar-refractivity contribution < 1.29 is 32.1 Å². The molecule has 2 aliphatic carbocycles. The molecule has 1 atom stereocenters. The quantitative estimate of drug-likeness (QED) is 0.668. The number of nitrogens with one attached hydrogen (secondary N) is 1. The maximum absolute atomic E-state index is 12.7. The number of Topliss-reactive ketones (excluding diaryl/α,β-unsaturated/α-hetero) is 1. The average Bonchev–Trinajstić information content (AvgIpc) is 3.27.